The van der Waals surface area contributed by atoms with Gasteiger partial charge in [-0.05, 0) is 32.4 Å². The van der Waals surface area contributed by atoms with E-state index in [1.165, 1.54) is 0 Å². The molecule has 0 heterocycles. The maximum atomic E-state index is 10.8. The van der Waals surface area contributed by atoms with E-state index in [9.17, 15) is 4.79 Å². The minimum absolute atomic E-state index is 0.134. The van der Waals surface area contributed by atoms with Crippen molar-refractivity contribution >= 4 is 12.1 Å². The van der Waals surface area contributed by atoms with Crippen molar-refractivity contribution in [1.29, 1.82) is 0 Å². The van der Waals surface area contributed by atoms with Gasteiger partial charge >= 0.3 is 6.41 Å². The first-order valence-electron chi connectivity index (χ1n) is 5.59. The smallest absolute Gasteiger partial charge is 0.316 e. The van der Waals surface area contributed by atoms with Gasteiger partial charge in [0.05, 0.1) is 6.10 Å². The van der Waals surface area contributed by atoms with Gasteiger partial charge in [-0.3, -0.25) is 4.79 Å². The van der Waals surface area contributed by atoms with E-state index in [2.05, 4.69) is 0 Å². The second kappa shape index (κ2) is 6.16. The second-order valence-electron chi connectivity index (χ2n) is 3.91. The predicted molar refractivity (Wildman–Crippen MR) is 65.5 cm³/mol. The average molecular weight is 220 g/mol. The van der Waals surface area contributed by atoms with Crippen LogP contribution in [0.2, 0.25) is 0 Å². The lowest BCUT2D eigenvalue weighted by atomic mass is 10.2. The molecule has 16 heavy (non-hydrogen) atoms. The quantitative estimate of drug-likeness (QED) is 0.690. The number of hydrogen-bond acceptors (Lipinski definition) is 2. The van der Waals surface area contributed by atoms with Crippen molar-refractivity contribution in [3.8, 4) is 5.75 Å². The molecule has 0 atom stereocenters. The van der Waals surface area contributed by atoms with E-state index in [0.29, 0.717) is 6.54 Å². The normalized spacial score (nSPS) is 10.2. The molecule has 0 aromatic heterocycles. The Morgan fingerprint density at radius 2 is 2.19 bits per heavy atom. The van der Waals surface area contributed by atoms with Crippen LogP contribution >= 0.6 is 0 Å². The molecule has 1 rings (SSSR count). The van der Waals surface area contributed by atoms with E-state index >= 15 is 0 Å². The Kier molecular flexibility index (Phi) is 4.83. The summed E-state index contributed by atoms with van der Waals surface area (Å²) in [6.45, 7) is 6.65. The summed E-state index contributed by atoms with van der Waals surface area (Å²) in [5.74, 6) is 0.781. The highest BCUT2D eigenvalue weighted by Crippen LogP contribution is 2.21. The molecular weight excluding hydrogens is 202 g/mol. The van der Waals surface area contributed by atoms with E-state index in [-0.39, 0.29) is 6.10 Å². The molecule has 1 aromatic rings. The highest BCUT2D eigenvalue weighted by molar-refractivity contribution is 5.76. The van der Waals surface area contributed by atoms with Crippen LogP contribution in [0.4, 0.5) is 5.69 Å². The highest BCUT2D eigenvalue weighted by atomic mass is 16.5. The Morgan fingerprint density at radius 1 is 1.44 bits per heavy atom. The summed E-state index contributed by atoms with van der Waals surface area (Å²) >= 11 is 0. The molecule has 3 nitrogen and oxygen atoms in total. The van der Waals surface area contributed by atoms with Crippen LogP contribution in [-0.4, -0.2) is 19.1 Å². The molecule has 1 aromatic carbocycles. The molecule has 87 valence electrons. The molecule has 0 spiro atoms. The summed E-state index contributed by atoms with van der Waals surface area (Å²) in [6, 6.07) is 7.51. The third-order valence-corrected chi connectivity index (χ3v) is 2.06. The number of carbonyl (C=O) groups excluding carboxylic acids is 1. The Morgan fingerprint density at radius 3 is 2.75 bits per heavy atom. The molecular formula is C13H18NO2. The summed E-state index contributed by atoms with van der Waals surface area (Å²) in [5.41, 5.74) is 0.829. The van der Waals surface area contributed by atoms with Gasteiger partial charge in [0.25, 0.3) is 0 Å². The minimum Gasteiger partial charge on any atom is -0.491 e. The molecule has 1 radical (unpaired) electrons. The molecule has 0 unspecified atom stereocenters. The molecule has 0 N–H and O–H groups in total. The van der Waals surface area contributed by atoms with Gasteiger partial charge in [-0.1, -0.05) is 13.0 Å². The van der Waals surface area contributed by atoms with Gasteiger partial charge < -0.3 is 9.64 Å². The van der Waals surface area contributed by atoms with Gasteiger partial charge in [0.2, 0.25) is 0 Å². The van der Waals surface area contributed by atoms with E-state index in [4.69, 9.17) is 4.74 Å². The topological polar surface area (TPSA) is 29.5 Å². The summed E-state index contributed by atoms with van der Waals surface area (Å²) in [4.78, 5) is 12.4. The number of rotatable bonds is 6. The van der Waals surface area contributed by atoms with Crippen molar-refractivity contribution in [2.75, 3.05) is 11.4 Å². The number of hydrogen-bond donors (Lipinski definition) is 0. The van der Waals surface area contributed by atoms with Crippen molar-refractivity contribution in [2.45, 2.75) is 33.3 Å². The second-order valence-corrected chi connectivity index (χ2v) is 3.91. The lowest BCUT2D eigenvalue weighted by molar-refractivity contribution is 0.242. The lowest BCUT2D eigenvalue weighted by Crippen LogP contribution is -2.21. The van der Waals surface area contributed by atoms with Crippen LogP contribution in [0.3, 0.4) is 0 Å². The molecule has 0 saturated carbocycles. The average Bonchev–Trinajstić information content (AvgIpc) is 2.25. The van der Waals surface area contributed by atoms with Gasteiger partial charge in [0.1, 0.15) is 5.75 Å². The van der Waals surface area contributed by atoms with Gasteiger partial charge in [0.15, 0.2) is 0 Å². The summed E-state index contributed by atoms with van der Waals surface area (Å²) in [6.07, 6.45) is 2.97. The Labute approximate surface area is 97.0 Å². The van der Waals surface area contributed by atoms with Crippen LogP contribution in [0.1, 0.15) is 27.2 Å². The van der Waals surface area contributed by atoms with Crippen molar-refractivity contribution in [3.63, 3.8) is 0 Å². The number of nitrogens with zero attached hydrogens (tertiary/aromatic N) is 1. The highest BCUT2D eigenvalue weighted by Gasteiger charge is 2.06. The summed E-state index contributed by atoms with van der Waals surface area (Å²) < 4.78 is 5.57. The van der Waals surface area contributed by atoms with E-state index in [1.54, 1.807) is 4.90 Å². The zero-order chi connectivity index (χ0) is 12.0. The number of anilines is 1. The molecule has 0 aliphatic heterocycles. The molecule has 0 fully saturated rings. The number of amides is 1. The maximum absolute atomic E-state index is 10.8. The van der Waals surface area contributed by atoms with Gasteiger partial charge in [-0.25, -0.2) is 0 Å². The fourth-order valence-electron chi connectivity index (χ4n) is 1.45. The van der Waals surface area contributed by atoms with Crippen molar-refractivity contribution in [1.82, 2.24) is 0 Å². The first-order chi connectivity index (χ1) is 7.67. The zero-order valence-corrected chi connectivity index (χ0v) is 10.1. The third-order valence-electron chi connectivity index (χ3n) is 2.06. The maximum Gasteiger partial charge on any atom is 0.316 e. The van der Waals surface area contributed by atoms with Gasteiger partial charge in [-0.15, -0.1) is 0 Å². The number of ether oxygens (including phenoxy) is 1. The van der Waals surface area contributed by atoms with Gasteiger partial charge in [0, 0.05) is 18.3 Å². The van der Waals surface area contributed by atoms with E-state index < -0.39 is 0 Å². The minimum atomic E-state index is 0.134. The fraction of sp³-hybridized carbons (Fsp3) is 0.462. The van der Waals surface area contributed by atoms with Crippen LogP contribution in [0.15, 0.2) is 24.3 Å². The van der Waals surface area contributed by atoms with Crippen molar-refractivity contribution in [2.24, 2.45) is 0 Å². The summed E-state index contributed by atoms with van der Waals surface area (Å²) in [5, 5.41) is 0. The van der Waals surface area contributed by atoms with Crippen molar-refractivity contribution in [3.05, 3.63) is 24.3 Å². The zero-order valence-electron chi connectivity index (χ0n) is 10.1. The molecule has 1 amide bonds. The largest absolute Gasteiger partial charge is 0.491 e. The summed E-state index contributed by atoms with van der Waals surface area (Å²) in [7, 11) is 0. The Hall–Kier alpha value is -1.51. The molecule has 0 aliphatic rings. The first-order valence-corrected chi connectivity index (χ1v) is 5.59. The van der Waals surface area contributed by atoms with Gasteiger partial charge in [-0.2, -0.15) is 0 Å². The van der Waals surface area contributed by atoms with Crippen LogP contribution < -0.4 is 9.64 Å². The number of benzene rings is 1. The van der Waals surface area contributed by atoms with E-state index in [0.717, 1.165) is 17.9 Å². The van der Waals surface area contributed by atoms with Crippen molar-refractivity contribution < 1.29 is 9.53 Å². The third kappa shape index (κ3) is 3.57. The van der Waals surface area contributed by atoms with Crippen LogP contribution in [-0.2, 0) is 4.79 Å². The molecule has 0 aliphatic carbocycles. The first kappa shape index (κ1) is 12.6. The SMILES string of the molecule is CCCN([C]=O)c1cccc(OC(C)C)c1. The lowest BCUT2D eigenvalue weighted by Gasteiger charge is -2.17. The molecule has 3 heteroatoms. The van der Waals surface area contributed by atoms with Crippen LogP contribution in [0, 0.1) is 0 Å². The van der Waals surface area contributed by atoms with E-state index in [1.807, 2.05) is 51.4 Å². The molecule has 0 saturated heterocycles. The molecule has 0 bridgehead atoms. The Balaban J connectivity index is 2.83. The fourth-order valence-corrected chi connectivity index (χ4v) is 1.45. The monoisotopic (exact) mass is 220 g/mol. The predicted octanol–water partition coefficient (Wildman–Crippen LogP) is 2.76. The van der Waals surface area contributed by atoms with Crippen LogP contribution in [0.25, 0.3) is 0 Å². The Bertz CT molecular complexity index is 336. The standard InChI is InChI=1S/C13H18NO2/c1-4-8-14(10-15)12-6-5-7-13(9-12)16-11(2)3/h5-7,9,11H,4,8H2,1-3H3. The van der Waals surface area contributed by atoms with Crippen LogP contribution in [0.5, 0.6) is 5.75 Å².